The SMILES string of the molecule is CC(=O)OC1CC2(C)OC23CC=C(C)C3C2OC(=O)C(C)C12. The van der Waals surface area contributed by atoms with Gasteiger partial charge in [-0.15, -0.1) is 0 Å². The van der Waals surface area contributed by atoms with Gasteiger partial charge in [-0.2, -0.15) is 0 Å². The van der Waals surface area contributed by atoms with Gasteiger partial charge in [0.05, 0.1) is 11.5 Å². The number of ether oxygens (including phenoxy) is 3. The summed E-state index contributed by atoms with van der Waals surface area (Å²) in [5.74, 6) is -0.759. The van der Waals surface area contributed by atoms with E-state index in [-0.39, 0.29) is 53.1 Å². The number of carbonyl (C=O) groups is 2. The van der Waals surface area contributed by atoms with Crippen molar-refractivity contribution in [2.24, 2.45) is 17.8 Å². The monoisotopic (exact) mass is 306 g/mol. The van der Waals surface area contributed by atoms with E-state index in [0.29, 0.717) is 6.42 Å². The molecule has 0 aromatic rings. The van der Waals surface area contributed by atoms with Gasteiger partial charge in [0, 0.05) is 25.2 Å². The zero-order chi connectivity index (χ0) is 15.9. The summed E-state index contributed by atoms with van der Waals surface area (Å²) < 4.78 is 17.5. The average Bonchev–Trinajstić information content (AvgIpc) is 2.68. The van der Waals surface area contributed by atoms with E-state index in [4.69, 9.17) is 14.2 Å². The van der Waals surface area contributed by atoms with Gasteiger partial charge in [0.2, 0.25) is 0 Å². The van der Waals surface area contributed by atoms with Crippen LogP contribution in [0.2, 0.25) is 0 Å². The molecule has 0 radical (unpaired) electrons. The van der Waals surface area contributed by atoms with Gasteiger partial charge < -0.3 is 14.2 Å². The van der Waals surface area contributed by atoms with E-state index in [9.17, 15) is 9.59 Å². The van der Waals surface area contributed by atoms with Crippen LogP contribution in [-0.4, -0.2) is 35.3 Å². The van der Waals surface area contributed by atoms with Crippen LogP contribution in [-0.2, 0) is 23.8 Å². The van der Waals surface area contributed by atoms with E-state index >= 15 is 0 Å². The van der Waals surface area contributed by atoms with E-state index < -0.39 is 0 Å². The first kappa shape index (κ1) is 14.2. The molecule has 7 atom stereocenters. The van der Waals surface area contributed by atoms with Crippen molar-refractivity contribution in [3.8, 4) is 0 Å². The van der Waals surface area contributed by atoms with E-state index in [2.05, 4.69) is 19.9 Å². The molecule has 5 heteroatoms. The second kappa shape index (κ2) is 4.13. The Kier molecular flexibility index (Phi) is 2.68. The summed E-state index contributed by atoms with van der Waals surface area (Å²) in [6.07, 6.45) is 3.10. The van der Waals surface area contributed by atoms with Crippen LogP contribution in [0.1, 0.15) is 40.5 Å². The highest BCUT2D eigenvalue weighted by Gasteiger charge is 2.77. The number of esters is 2. The maximum Gasteiger partial charge on any atom is 0.309 e. The Morgan fingerprint density at radius 2 is 2.18 bits per heavy atom. The molecule has 2 aliphatic heterocycles. The number of hydrogen-bond acceptors (Lipinski definition) is 5. The van der Waals surface area contributed by atoms with Crippen molar-refractivity contribution in [1.82, 2.24) is 0 Å². The molecular weight excluding hydrogens is 284 g/mol. The molecule has 3 fully saturated rings. The molecular formula is C17H22O5. The Morgan fingerprint density at radius 1 is 1.45 bits per heavy atom. The lowest BCUT2D eigenvalue weighted by atomic mass is 9.77. The third-order valence-electron chi connectivity index (χ3n) is 6.23. The fraction of sp³-hybridized carbons (Fsp3) is 0.765. The number of epoxide rings is 1. The van der Waals surface area contributed by atoms with Crippen LogP contribution in [0, 0.1) is 17.8 Å². The van der Waals surface area contributed by atoms with Gasteiger partial charge in [0.1, 0.15) is 17.8 Å². The smallest absolute Gasteiger partial charge is 0.309 e. The van der Waals surface area contributed by atoms with Gasteiger partial charge in [-0.3, -0.25) is 9.59 Å². The molecule has 2 saturated heterocycles. The third kappa shape index (κ3) is 1.58. The number of carbonyl (C=O) groups excluding carboxylic acids is 2. The lowest BCUT2D eigenvalue weighted by molar-refractivity contribution is -0.152. The Balaban J connectivity index is 1.78. The average molecular weight is 306 g/mol. The van der Waals surface area contributed by atoms with Crippen molar-refractivity contribution < 1.29 is 23.8 Å². The first-order chi connectivity index (χ1) is 10.3. The zero-order valence-corrected chi connectivity index (χ0v) is 13.4. The maximum absolute atomic E-state index is 12.2. The molecule has 2 aliphatic carbocycles. The molecule has 1 saturated carbocycles. The Bertz CT molecular complexity index is 596. The fourth-order valence-corrected chi connectivity index (χ4v) is 5.14. The standard InChI is InChI=1S/C17H22O5/c1-8-5-6-17-13(8)14-12(9(2)15(19)21-14)11(20-10(3)18)7-16(17,4)22-17/h5,9,11-14H,6-7H2,1-4H3. The summed E-state index contributed by atoms with van der Waals surface area (Å²) in [7, 11) is 0. The molecule has 0 bridgehead atoms. The fourth-order valence-electron chi connectivity index (χ4n) is 5.14. The molecule has 0 aromatic heterocycles. The number of hydrogen-bond donors (Lipinski definition) is 0. The predicted octanol–water partition coefficient (Wildman–Crippen LogP) is 1.99. The van der Waals surface area contributed by atoms with Crippen molar-refractivity contribution in [2.75, 3.05) is 0 Å². The summed E-state index contributed by atoms with van der Waals surface area (Å²) >= 11 is 0. The van der Waals surface area contributed by atoms with E-state index in [0.717, 1.165) is 6.42 Å². The third-order valence-corrected chi connectivity index (χ3v) is 6.23. The lowest BCUT2D eigenvalue weighted by Gasteiger charge is -2.30. The van der Waals surface area contributed by atoms with E-state index in [1.807, 2.05) is 6.92 Å². The van der Waals surface area contributed by atoms with Gasteiger partial charge in [0.15, 0.2) is 0 Å². The molecule has 4 aliphatic rings. The van der Waals surface area contributed by atoms with Crippen LogP contribution in [0.15, 0.2) is 11.6 Å². The van der Waals surface area contributed by atoms with E-state index in [1.54, 1.807) is 0 Å². The van der Waals surface area contributed by atoms with Gasteiger partial charge >= 0.3 is 11.9 Å². The molecule has 5 nitrogen and oxygen atoms in total. The molecule has 7 unspecified atom stereocenters. The molecule has 0 N–H and O–H groups in total. The summed E-state index contributed by atoms with van der Waals surface area (Å²) in [4.78, 5) is 23.7. The molecule has 22 heavy (non-hydrogen) atoms. The second-order valence-corrected chi connectivity index (χ2v) is 7.47. The summed E-state index contributed by atoms with van der Waals surface area (Å²) in [6.45, 7) is 7.47. The molecule has 4 rings (SSSR count). The summed E-state index contributed by atoms with van der Waals surface area (Å²) in [5, 5.41) is 0. The summed E-state index contributed by atoms with van der Waals surface area (Å²) in [5.41, 5.74) is 0.644. The van der Waals surface area contributed by atoms with Gasteiger partial charge in [-0.1, -0.05) is 18.6 Å². The maximum atomic E-state index is 12.2. The van der Waals surface area contributed by atoms with Gasteiger partial charge in [-0.05, 0) is 20.3 Å². The van der Waals surface area contributed by atoms with Crippen LogP contribution >= 0.6 is 0 Å². The largest absolute Gasteiger partial charge is 0.462 e. The van der Waals surface area contributed by atoms with Crippen molar-refractivity contribution in [3.63, 3.8) is 0 Å². The molecule has 120 valence electrons. The highest BCUT2D eigenvalue weighted by molar-refractivity contribution is 5.75. The van der Waals surface area contributed by atoms with E-state index in [1.165, 1.54) is 12.5 Å². The first-order valence-electron chi connectivity index (χ1n) is 8.04. The quantitative estimate of drug-likeness (QED) is 0.421. The highest BCUT2D eigenvalue weighted by Crippen LogP contribution is 2.67. The number of rotatable bonds is 1. The Hall–Kier alpha value is -1.36. The second-order valence-electron chi connectivity index (χ2n) is 7.47. The first-order valence-corrected chi connectivity index (χ1v) is 8.04. The van der Waals surface area contributed by atoms with Crippen molar-refractivity contribution in [1.29, 1.82) is 0 Å². The van der Waals surface area contributed by atoms with Crippen LogP contribution in [0.3, 0.4) is 0 Å². The van der Waals surface area contributed by atoms with Gasteiger partial charge in [0.25, 0.3) is 0 Å². The van der Waals surface area contributed by atoms with Gasteiger partial charge in [-0.25, -0.2) is 0 Å². The summed E-state index contributed by atoms with van der Waals surface area (Å²) in [6, 6.07) is 0. The van der Waals surface area contributed by atoms with Crippen LogP contribution < -0.4 is 0 Å². The zero-order valence-electron chi connectivity index (χ0n) is 13.4. The van der Waals surface area contributed by atoms with Crippen LogP contribution in [0.25, 0.3) is 0 Å². The topological polar surface area (TPSA) is 65.1 Å². The Labute approximate surface area is 130 Å². The molecule has 0 amide bonds. The molecule has 2 heterocycles. The van der Waals surface area contributed by atoms with Crippen molar-refractivity contribution in [2.45, 2.75) is 63.9 Å². The number of fused-ring (bicyclic) bond motifs is 2. The molecule has 0 aromatic carbocycles. The molecule has 1 spiro atoms. The minimum atomic E-state index is -0.327. The highest BCUT2D eigenvalue weighted by atomic mass is 16.6. The van der Waals surface area contributed by atoms with Crippen molar-refractivity contribution >= 4 is 11.9 Å². The predicted molar refractivity (Wildman–Crippen MR) is 76.8 cm³/mol. The lowest BCUT2D eigenvalue weighted by Crippen LogP contribution is -2.40. The van der Waals surface area contributed by atoms with Crippen molar-refractivity contribution in [3.05, 3.63) is 11.6 Å². The minimum absolute atomic E-state index is 0.0805. The normalized spacial score (nSPS) is 51.9. The minimum Gasteiger partial charge on any atom is -0.462 e. The Morgan fingerprint density at radius 3 is 2.86 bits per heavy atom. The van der Waals surface area contributed by atoms with Crippen LogP contribution in [0.4, 0.5) is 0 Å². The van der Waals surface area contributed by atoms with Crippen LogP contribution in [0.5, 0.6) is 0 Å².